The van der Waals surface area contributed by atoms with E-state index in [2.05, 4.69) is 26.1 Å². The first-order chi connectivity index (χ1) is 9.69. The van der Waals surface area contributed by atoms with Gasteiger partial charge >= 0.3 is 0 Å². The smallest absolute Gasteiger partial charge is 0.113 e. The standard InChI is InChI=1S/C17H30N2S/c1-4-6-7-8-9-13-17(3,18-5-2)16-19-14-11-10-12-15(14)20-16/h18H,4-13H2,1-3H3. The maximum Gasteiger partial charge on any atom is 0.113 e. The Morgan fingerprint density at radius 2 is 1.95 bits per heavy atom. The molecule has 0 saturated carbocycles. The van der Waals surface area contributed by atoms with Crippen molar-refractivity contribution in [1.82, 2.24) is 10.3 Å². The summed E-state index contributed by atoms with van der Waals surface area (Å²) in [7, 11) is 0. The van der Waals surface area contributed by atoms with Crippen LogP contribution in [0, 0.1) is 0 Å². The summed E-state index contributed by atoms with van der Waals surface area (Å²) in [5, 5.41) is 5.04. The molecule has 20 heavy (non-hydrogen) atoms. The molecule has 1 aliphatic rings. The van der Waals surface area contributed by atoms with Crippen molar-refractivity contribution in [2.75, 3.05) is 6.54 Å². The molecule has 0 bridgehead atoms. The Hall–Kier alpha value is -0.410. The fourth-order valence-corrected chi connectivity index (χ4v) is 4.47. The molecule has 0 aromatic carbocycles. The second-order valence-electron chi connectivity index (χ2n) is 6.27. The summed E-state index contributed by atoms with van der Waals surface area (Å²) >= 11 is 1.96. The summed E-state index contributed by atoms with van der Waals surface area (Å²) in [4.78, 5) is 6.50. The van der Waals surface area contributed by atoms with Crippen LogP contribution < -0.4 is 5.32 Å². The van der Waals surface area contributed by atoms with E-state index in [0.717, 1.165) is 6.54 Å². The van der Waals surface area contributed by atoms with Crippen molar-refractivity contribution in [3.05, 3.63) is 15.6 Å². The van der Waals surface area contributed by atoms with Gasteiger partial charge in [-0.1, -0.05) is 46.0 Å². The maximum atomic E-state index is 4.95. The first-order valence-electron chi connectivity index (χ1n) is 8.43. The van der Waals surface area contributed by atoms with Crippen molar-refractivity contribution < 1.29 is 0 Å². The molecule has 1 aromatic rings. The van der Waals surface area contributed by atoms with Gasteiger partial charge < -0.3 is 5.32 Å². The maximum absolute atomic E-state index is 4.95. The molecular formula is C17H30N2S. The molecule has 2 nitrogen and oxygen atoms in total. The van der Waals surface area contributed by atoms with E-state index in [9.17, 15) is 0 Å². The Morgan fingerprint density at radius 3 is 2.65 bits per heavy atom. The van der Waals surface area contributed by atoms with Crippen LogP contribution in [0.2, 0.25) is 0 Å². The number of fused-ring (bicyclic) bond motifs is 1. The third-order valence-corrected chi connectivity index (χ3v) is 5.84. The molecule has 1 atom stereocenters. The minimum atomic E-state index is 0.0932. The van der Waals surface area contributed by atoms with Crippen molar-refractivity contribution in [3.63, 3.8) is 0 Å². The zero-order valence-electron chi connectivity index (χ0n) is 13.4. The second kappa shape index (κ2) is 7.56. The molecule has 1 heterocycles. The van der Waals surface area contributed by atoms with Crippen molar-refractivity contribution in [1.29, 1.82) is 0 Å². The molecule has 0 aliphatic heterocycles. The van der Waals surface area contributed by atoms with Crippen molar-refractivity contribution in [3.8, 4) is 0 Å². The van der Waals surface area contributed by atoms with Gasteiger partial charge in [0.25, 0.3) is 0 Å². The zero-order chi connectivity index (χ0) is 14.4. The van der Waals surface area contributed by atoms with Gasteiger partial charge in [-0.3, -0.25) is 0 Å². The Bertz CT molecular complexity index is 392. The summed E-state index contributed by atoms with van der Waals surface area (Å²) in [5.74, 6) is 0. The number of unbranched alkanes of at least 4 members (excludes halogenated alkanes) is 4. The highest BCUT2D eigenvalue weighted by Gasteiger charge is 2.30. The first-order valence-corrected chi connectivity index (χ1v) is 9.25. The highest BCUT2D eigenvalue weighted by molar-refractivity contribution is 7.12. The Balaban J connectivity index is 1.96. The lowest BCUT2D eigenvalue weighted by Gasteiger charge is -2.28. The quantitative estimate of drug-likeness (QED) is 0.661. The van der Waals surface area contributed by atoms with Gasteiger partial charge in [0, 0.05) is 4.88 Å². The lowest BCUT2D eigenvalue weighted by molar-refractivity contribution is 0.331. The van der Waals surface area contributed by atoms with Gasteiger partial charge in [-0.15, -0.1) is 11.3 Å². The van der Waals surface area contributed by atoms with Gasteiger partial charge in [0.15, 0.2) is 0 Å². The molecule has 0 saturated heterocycles. The van der Waals surface area contributed by atoms with Gasteiger partial charge in [0.1, 0.15) is 5.01 Å². The van der Waals surface area contributed by atoms with Crippen molar-refractivity contribution in [2.24, 2.45) is 0 Å². The van der Waals surface area contributed by atoms with Crippen molar-refractivity contribution >= 4 is 11.3 Å². The molecule has 0 spiro atoms. The van der Waals surface area contributed by atoms with Gasteiger partial charge in [-0.2, -0.15) is 0 Å². The van der Waals surface area contributed by atoms with E-state index < -0.39 is 0 Å². The van der Waals surface area contributed by atoms with E-state index in [1.165, 1.54) is 68.5 Å². The lowest BCUT2D eigenvalue weighted by atomic mass is 9.94. The molecule has 3 heteroatoms. The SMILES string of the molecule is CCCCCCCC(C)(NCC)c1nc2c(s1)CCC2. The molecule has 2 rings (SSSR count). The number of rotatable bonds is 9. The average molecular weight is 295 g/mol. The Kier molecular flexibility index (Phi) is 6.03. The minimum Gasteiger partial charge on any atom is -0.306 e. The monoisotopic (exact) mass is 294 g/mol. The normalized spacial score (nSPS) is 17.1. The number of aryl methyl sites for hydroxylation is 2. The molecule has 1 aliphatic carbocycles. The van der Waals surface area contributed by atoms with Crippen LogP contribution in [-0.2, 0) is 18.4 Å². The summed E-state index contributed by atoms with van der Waals surface area (Å²) in [6, 6.07) is 0. The molecule has 1 unspecified atom stereocenters. The van der Waals surface area contributed by atoms with Crippen molar-refractivity contribution in [2.45, 2.75) is 84.1 Å². The predicted octanol–water partition coefficient (Wildman–Crippen LogP) is 4.82. The predicted molar refractivity (Wildman–Crippen MR) is 88.5 cm³/mol. The van der Waals surface area contributed by atoms with E-state index in [1.807, 2.05) is 11.3 Å². The molecule has 0 radical (unpaired) electrons. The molecule has 1 N–H and O–H groups in total. The number of hydrogen-bond donors (Lipinski definition) is 1. The number of thiazole rings is 1. The van der Waals surface area contributed by atoms with Crippen LogP contribution in [-0.4, -0.2) is 11.5 Å². The van der Waals surface area contributed by atoms with Gasteiger partial charge in [0.05, 0.1) is 11.2 Å². The summed E-state index contributed by atoms with van der Waals surface area (Å²) < 4.78 is 0. The van der Waals surface area contributed by atoms with Crippen LogP contribution in [0.4, 0.5) is 0 Å². The van der Waals surface area contributed by atoms with Gasteiger partial charge in [0.2, 0.25) is 0 Å². The Morgan fingerprint density at radius 1 is 1.15 bits per heavy atom. The van der Waals surface area contributed by atoms with E-state index in [4.69, 9.17) is 4.98 Å². The molecule has 1 aromatic heterocycles. The summed E-state index contributed by atoms with van der Waals surface area (Å²) in [5.41, 5.74) is 1.48. The van der Waals surface area contributed by atoms with Gasteiger partial charge in [-0.05, 0) is 39.2 Å². The van der Waals surface area contributed by atoms with Crippen LogP contribution >= 0.6 is 11.3 Å². The van der Waals surface area contributed by atoms with E-state index in [-0.39, 0.29) is 5.54 Å². The van der Waals surface area contributed by atoms with Crippen LogP contribution in [0.5, 0.6) is 0 Å². The van der Waals surface area contributed by atoms with Crippen LogP contribution in [0.15, 0.2) is 0 Å². The minimum absolute atomic E-state index is 0.0932. The first kappa shape index (κ1) is 16.0. The Labute approximate surface area is 128 Å². The topological polar surface area (TPSA) is 24.9 Å². The molecule has 114 valence electrons. The molecule has 0 amide bonds. The highest BCUT2D eigenvalue weighted by Crippen LogP contribution is 2.35. The molecular weight excluding hydrogens is 264 g/mol. The number of hydrogen-bond acceptors (Lipinski definition) is 3. The zero-order valence-corrected chi connectivity index (χ0v) is 14.2. The van der Waals surface area contributed by atoms with Crippen LogP contribution in [0.3, 0.4) is 0 Å². The number of aromatic nitrogens is 1. The van der Waals surface area contributed by atoms with Crippen LogP contribution in [0.25, 0.3) is 0 Å². The lowest BCUT2D eigenvalue weighted by Crippen LogP contribution is -2.39. The number of nitrogens with zero attached hydrogens (tertiary/aromatic N) is 1. The average Bonchev–Trinajstić information content (AvgIpc) is 2.99. The van der Waals surface area contributed by atoms with E-state index in [0.29, 0.717) is 0 Å². The third kappa shape index (κ3) is 3.82. The number of nitrogens with one attached hydrogen (secondary N) is 1. The van der Waals surface area contributed by atoms with Gasteiger partial charge in [-0.25, -0.2) is 4.98 Å². The highest BCUT2D eigenvalue weighted by atomic mass is 32.1. The fourth-order valence-electron chi connectivity index (χ4n) is 3.17. The third-order valence-electron chi connectivity index (χ3n) is 4.41. The fraction of sp³-hybridized carbons (Fsp3) is 0.824. The summed E-state index contributed by atoms with van der Waals surface area (Å²) in [6.07, 6.45) is 11.7. The molecule has 0 fully saturated rings. The van der Waals surface area contributed by atoms with E-state index in [1.54, 1.807) is 4.88 Å². The largest absolute Gasteiger partial charge is 0.306 e. The van der Waals surface area contributed by atoms with E-state index >= 15 is 0 Å². The van der Waals surface area contributed by atoms with Crippen LogP contribution in [0.1, 0.15) is 81.3 Å². The summed E-state index contributed by atoms with van der Waals surface area (Å²) in [6.45, 7) is 7.86. The second-order valence-corrected chi connectivity index (χ2v) is 7.35.